The van der Waals surface area contributed by atoms with E-state index in [2.05, 4.69) is 195 Å². The third-order valence-corrected chi connectivity index (χ3v) is 11.3. The van der Waals surface area contributed by atoms with E-state index in [1.807, 2.05) is 0 Å². The Hall–Kier alpha value is -5.60. The van der Waals surface area contributed by atoms with Gasteiger partial charge in [0, 0.05) is 45.0 Å². The molecule has 0 heterocycles. The van der Waals surface area contributed by atoms with Gasteiger partial charge in [-0.1, -0.05) is 107 Å². The highest BCUT2D eigenvalue weighted by molar-refractivity contribution is 5.92. The largest absolute Gasteiger partial charge is 0.314 e. The van der Waals surface area contributed by atoms with Crippen LogP contribution in [0.4, 0.5) is 28.4 Å². The third-order valence-electron chi connectivity index (χ3n) is 11.3. The molecule has 0 saturated heterocycles. The fourth-order valence-corrected chi connectivity index (χ4v) is 8.78. The predicted octanol–water partition coefficient (Wildman–Crippen LogP) is 13.0. The summed E-state index contributed by atoms with van der Waals surface area (Å²) in [5.74, 6) is 0. The van der Waals surface area contributed by atoms with Crippen LogP contribution < -0.4 is 9.80 Å². The van der Waals surface area contributed by atoms with E-state index < -0.39 is 0 Å². The van der Waals surface area contributed by atoms with Gasteiger partial charge in [0.05, 0.1) is 0 Å². The molecule has 3 aliphatic carbocycles. The molecule has 0 radical (unpaired) electrons. The van der Waals surface area contributed by atoms with Crippen molar-refractivity contribution in [1.82, 2.24) is 0 Å². The molecule has 0 aliphatic heterocycles. The molecule has 2 nitrogen and oxygen atoms in total. The predicted molar refractivity (Wildman–Crippen MR) is 211 cm³/mol. The maximum absolute atomic E-state index is 2.56. The quantitative estimate of drug-likeness (QED) is 0.178. The second-order valence-corrected chi connectivity index (χ2v) is 15.0. The van der Waals surface area contributed by atoms with E-state index in [1.54, 1.807) is 0 Å². The minimum atomic E-state index is -0.130. The molecule has 2 heteroatoms. The number of rotatable bonds is 6. The maximum atomic E-state index is 2.56. The third kappa shape index (κ3) is 4.70. The first-order valence-corrected chi connectivity index (χ1v) is 17.9. The molecule has 0 atom stereocenters. The van der Waals surface area contributed by atoms with Crippen molar-refractivity contribution in [3.63, 3.8) is 0 Å². The van der Waals surface area contributed by atoms with Crippen molar-refractivity contribution < 1.29 is 0 Å². The molecule has 3 aliphatic rings. The summed E-state index contributed by atoms with van der Waals surface area (Å²) in [4.78, 5) is 4.83. The van der Waals surface area contributed by atoms with E-state index in [4.69, 9.17) is 0 Å². The second kappa shape index (κ2) is 11.5. The SMILES string of the molecule is CC1(C)C2=C(CCC(N(c3ccccc3)c3ccccc3)=C2)c2cc3c(cc21)-c1ccc(N(c2ccccc2)c2ccccc2)cc1C3(C)C. The number of hydrogen-bond donors (Lipinski definition) is 0. The molecule has 6 aromatic rings. The first-order chi connectivity index (χ1) is 24.3. The van der Waals surface area contributed by atoms with E-state index in [0.29, 0.717) is 0 Å². The van der Waals surface area contributed by atoms with Crippen molar-refractivity contribution in [2.75, 3.05) is 9.80 Å². The van der Waals surface area contributed by atoms with Crippen LogP contribution in [0.3, 0.4) is 0 Å². The number of para-hydroxylation sites is 4. The zero-order chi connectivity index (χ0) is 34.0. The molecule has 0 fully saturated rings. The van der Waals surface area contributed by atoms with Crippen molar-refractivity contribution in [1.29, 1.82) is 0 Å². The summed E-state index contributed by atoms with van der Waals surface area (Å²) in [5.41, 5.74) is 18.5. The second-order valence-electron chi connectivity index (χ2n) is 15.0. The zero-order valence-corrected chi connectivity index (χ0v) is 29.3. The lowest BCUT2D eigenvalue weighted by Gasteiger charge is -2.32. The monoisotopic (exact) mass is 646 g/mol. The molecule has 6 aromatic carbocycles. The summed E-state index contributed by atoms with van der Waals surface area (Å²) in [5, 5.41) is 0. The van der Waals surface area contributed by atoms with Gasteiger partial charge in [-0.15, -0.1) is 0 Å². The lowest BCUT2D eigenvalue weighted by molar-refractivity contribution is 0.644. The van der Waals surface area contributed by atoms with Crippen LogP contribution in [-0.2, 0) is 10.8 Å². The first-order valence-electron chi connectivity index (χ1n) is 17.9. The summed E-state index contributed by atoms with van der Waals surface area (Å²) in [6.07, 6.45) is 4.54. The smallest absolute Gasteiger partial charge is 0.0465 e. The number of fused-ring (bicyclic) bond motifs is 5. The van der Waals surface area contributed by atoms with Crippen LogP contribution in [0.2, 0.25) is 0 Å². The lowest BCUT2D eigenvalue weighted by atomic mass is 9.78. The summed E-state index contributed by atoms with van der Waals surface area (Å²) in [6.45, 7) is 9.68. The zero-order valence-electron chi connectivity index (χ0n) is 29.3. The first kappa shape index (κ1) is 30.5. The maximum Gasteiger partial charge on any atom is 0.0465 e. The minimum Gasteiger partial charge on any atom is -0.314 e. The molecule has 0 amide bonds. The Morgan fingerprint density at radius 1 is 0.400 bits per heavy atom. The van der Waals surface area contributed by atoms with Crippen LogP contribution in [-0.4, -0.2) is 0 Å². The molecule has 0 aromatic heterocycles. The molecular formula is C48H42N2. The van der Waals surface area contributed by atoms with Crippen LogP contribution in [0.15, 0.2) is 169 Å². The van der Waals surface area contributed by atoms with Crippen LogP contribution in [0.5, 0.6) is 0 Å². The Morgan fingerprint density at radius 3 is 1.40 bits per heavy atom. The molecule has 244 valence electrons. The number of benzene rings is 6. The minimum absolute atomic E-state index is 0.103. The van der Waals surface area contributed by atoms with E-state index in [9.17, 15) is 0 Å². The standard InChI is InChI=1S/C48H42N2/c1-47(2)43-29-37(49(33-17-9-5-10-18-33)34-19-11-6-12-20-34)25-27-39(43)41-32-46-42(31-45(41)47)40-28-26-38(30-44(40)48(46,3)4)50(35-21-13-7-14-22-35)36-23-15-8-16-24-36/h5-25,27,29-32H,26,28H2,1-4H3. The van der Waals surface area contributed by atoms with E-state index >= 15 is 0 Å². The average molecular weight is 647 g/mol. The molecule has 50 heavy (non-hydrogen) atoms. The molecule has 9 rings (SSSR count). The van der Waals surface area contributed by atoms with E-state index in [-0.39, 0.29) is 10.8 Å². The summed E-state index contributed by atoms with van der Waals surface area (Å²) < 4.78 is 0. The average Bonchev–Trinajstić information content (AvgIpc) is 3.51. The summed E-state index contributed by atoms with van der Waals surface area (Å²) in [6, 6.07) is 55.3. The highest BCUT2D eigenvalue weighted by Gasteiger charge is 2.43. The van der Waals surface area contributed by atoms with Gasteiger partial charge in [0.15, 0.2) is 0 Å². The van der Waals surface area contributed by atoms with Gasteiger partial charge in [-0.05, 0) is 136 Å². The van der Waals surface area contributed by atoms with Gasteiger partial charge in [0.2, 0.25) is 0 Å². The Labute approximate surface area is 296 Å². The molecule has 0 bridgehead atoms. The Balaban J connectivity index is 1.14. The highest BCUT2D eigenvalue weighted by Crippen LogP contribution is 2.57. The van der Waals surface area contributed by atoms with Crippen molar-refractivity contribution in [3.05, 3.63) is 191 Å². The Bertz CT molecular complexity index is 2220. The number of hydrogen-bond acceptors (Lipinski definition) is 2. The van der Waals surface area contributed by atoms with Gasteiger partial charge < -0.3 is 9.80 Å². The van der Waals surface area contributed by atoms with Gasteiger partial charge in [0.1, 0.15) is 0 Å². The van der Waals surface area contributed by atoms with Crippen LogP contribution in [0.25, 0.3) is 16.7 Å². The molecular weight excluding hydrogens is 605 g/mol. The van der Waals surface area contributed by atoms with Crippen LogP contribution >= 0.6 is 0 Å². The number of allylic oxidation sites excluding steroid dienone is 4. The van der Waals surface area contributed by atoms with Gasteiger partial charge in [0.25, 0.3) is 0 Å². The van der Waals surface area contributed by atoms with E-state index in [0.717, 1.165) is 24.2 Å². The Morgan fingerprint density at radius 2 is 0.860 bits per heavy atom. The number of anilines is 5. The molecule has 0 saturated carbocycles. The molecule has 0 N–H and O–H groups in total. The van der Waals surface area contributed by atoms with Crippen LogP contribution in [0.1, 0.15) is 62.8 Å². The van der Waals surface area contributed by atoms with Gasteiger partial charge in [-0.3, -0.25) is 0 Å². The fraction of sp³-hybridized carbons (Fsp3) is 0.167. The van der Waals surface area contributed by atoms with Crippen molar-refractivity contribution in [3.8, 4) is 11.1 Å². The van der Waals surface area contributed by atoms with Crippen molar-refractivity contribution >= 4 is 34.0 Å². The normalized spacial score (nSPS) is 16.2. The van der Waals surface area contributed by atoms with Gasteiger partial charge in [-0.2, -0.15) is 0 Å². The van der Waals surface area contributed by atoms with Gasteiger partial charge >= 0.3 is 0 Å². The fourth-order valence-electron chi connectivity index (χ4n) is 8.78. The summed E-state index contributed by atoms with van der Waals surface area (Å²) in [7, 11) is 0. The number of nitrogens with zero attached hydrogens (tertiary/aromatic N) is 2. The summed E-state index contributed by atoms with van der Waals surface area (Å²) >= 11 is 0. The lowest BCUT2D eigenvalue weighted by Crippen LogP contribution is -2.22. The van der Waals surface area contributed by atoms with E-state index in [1.165, 1.54) is 67.3 Å². The molecule has 0 spiro atoms. The van der Waals surface area contributed by atoms with Crippen molar-refractivity contribution in [2.24, 2.45) is 0 Å². The van der Waals surface area contributed by atoms with Crippen molar-refractivity contribution in [2.45, 2.75) is 51.4 Å². The Kier molecular flexibility index (Phi) is 7.00. The molecule has 0 unspecified atom stereocenters. The van der Waals surface area contributed by atoms with Gasteiger partial charge in [-0.25, -0.2) is 0 Å². The van der Waals surface area contributed by atoms with Crippen LogP contribution in [0, 0.1) is 0 Å². The highest BCUT2D eigenvalue weighted by atomic mass is 15.2. The topological polar surface area (TPSA) is 6.48 Å².